The number of aromatic nitrogens is 2. The standard InChI is InChI=1S/C32H42N4O7/c1-32(2,3)26-28(38)36-17-19(16-24(36)29(39)41-4)42-30-33-23-12-8-7-11-21(23)27(37)35(30)13-9-5-6-10-20-22-14-18(22)15-25(20)43-31(40)34-26/h7-8,11-12,18-20,22,24-26H,5-6,9-10,13-17H2,1-4H3,(H,34,40)/t18?,19-,20-,22+,24+,25-,26-/m1/s1. The fourth-order valence-corrected chi connectivity index (χ4v) is 7.35. The molecule has 3 fully saturated rings. The summed E-state index contributed by atoms with van der Waals surface area (Å²) in [5.74, 6) is 0.490. The second kappa shape index (κ2) is 11.5. The van der Waals surface area contributed by atoms with Gasteiger partial charge in [-0.05, 0) is 61.0 Å². The van der Waals surface area contributed by atoms with Crippen LogP contribution in [0.2, 0.25) is 0 Å². The predicted octanol–water partition coefficient (Wildman–Crippen LogP) is 3.66. The van der Waals surface area contributed by atoms with E-state index in [0.717, 1.165) is 32.1 Å². The third kappa shape index (κ3) is 5.82. The lowest BCUT2D eigenvalue weighted by molar-refractivity contribution is -0.152. The van der Waals surface area contributed by atoms with Crippen molar-refractivity contribution >= 4 is 28.9 Å². The van der Waals surface area contributed by atoms with Crippen LogP contribution in [0.5, 0.6) is 6.01 Å². The third-order valence-electron chi connectivity index (χ3n) is 9.71. The molecule has 43 heavy (non-hydrogen) atoms. The number of para-hydroxylation sites is 1. The van der Waals surface area contributed by atoms with Crippen molar-refractivity contribution in [2.24, 2.45) is 23.2 Å². The number of alkyl carbamates (subject to hydrolysis) is 1. The number of nitrogens with zero attached hydrogens (tertiary/aromatic N) is 3. The third-order valence-corrected chi connectivity index (χ3v) is 9.71. The summed E-state index contributed by atoms with van der Waals surface area (Å²) >= 11 is 0. The largest absolute Gasteiger partial charge is 0.467 e. The quantitative estimate of drug-likeness (QED) is 0.496. The predicted molar refractivity (Wildman–Crippen MR) is 157 cm³/mol. The van der Waals surface area contributed by atoms with Crippen LogP contribution >= 0.6 is 0 Å². The lowest BCUT2D eigenvalue weighted by Gasteiger charge is -2.35. The fraction of sp³-hybridized carbons (Fsp3) is 0.656. The van der Waals surface area contributed by atoms with E-state index in [9.17, 15) is 19.2 Å². The number of carbonyl (C=O) groups is 3. The topological polar surface area (TPSA) is 129 Å². The van der Waals surface area contributed by atoms with E-state index in [2.05, 4.69) is 5.32 Å². The Kier molecular flexibility index (Phi) is 7.85. The minimum Gasteiger partial charge on any atom is -0.467 e. The fourth-order valence-electron chi connectivity index (χ4n) is 7.35. The molecule has 0 radical (unpaired) electrons. The number of hydrogen-bond acceptors (Lipinski definition) is 8. The summed E-state index contributed by atoms with van der Waals surface area (Å²) in [5.41, 5.74) is -0.321. The normalized spacial score (nSPS) is 31.4. The lowest BCUT2D eigenvalue weighted by Crippen LogP contribution is -2.57. The number of esters is 1. The van der Waals surface area contributed by atoms with Crippen LogP contribution < -0.4 is 15.6 Å². The zero-order valence-electron chi connectivity index (χ0n) is 25.4. The molecule has 1 aromatic carbocycles. The maximum Gasteiger partial charge on any atom is 0.408 e. The van der Waals surface area contributed by atoms with E-state index in [4.69, 9.17) is 19.2 Å². The van der Waals surface area contributed by atoms with Crippen molar-refractivity contribution in [2.45, 2.75) is 96.6 Å². The van der Waals surface area contributed by atoms with Gasteiger partial charge in [-0.2, -0.15) is 4.98 Å². The molecule has 2 aliphatic carbocycles. The molecule has 7 atom stereocenters. The number of ether oxygens (including phenoxy) is 3. The summed E-state index contributed by atoms with van der Waals surface area (Å²) in [6, 6.07) is 5.49. The van der Waals surface area contributed by atoms with Crippen molar-refractivity contribution in [1.29, 1.82) is 0 Å². The van der Waals surface area contributed by atoms with E-state index in [1.807, 2.05) is 32.9 Å². The molecular weight excluding hydrogens is 552 g/mol. The molecule has 2 bridgehead atoms. The Hall–Kier alpha value is -3.63. The lowest BCUT2D eigenvalue weighted by atomic mass is 9.85. The number of amides is 2. The summed E-state index contributed by atoms with van der Waals surface area (Å²) in [6.45, 7) is 6.10. The van der Waals surface area contributed by atoms with E-state index in [1.165, 1.54) is 18.4 Å². The summed E-state index contributed by atoms with van der Waals surface area (Å²) < 4.78 is 19.0. The summed E-state index contributed by atoms with van der Waals surface area (Å²) in [5, 5.41) is 3.37. The van der Waals surface area contributed by atoms with E-state index in [1.54, 1.807) is 16.7 Å². The van der Waals surface area contributed by atoms with Crippen LogP contribution in [0.4, 0.5) is 4.79 Å². The Morgan fingerprint density at radius 2 is 1.81 bits per heavy atom. The number of fused-ring (bicyclic) bond motifs is 7. The molecule has 232 valence electrons. The maximum atomic E-state index is 14.1. The van der Waals surface area contributed by atoms with Crippen molar-refractivity contribution in [2.75, 3.05) is 13.7 Å². The molecule has 4 aliphatic rings. The molecule has 6 rings (SSSR count). The van der Waals surface area contributed by atoms with E-state index in [0.29, 0.717) is 35.2 Å². The van der Waals surface area contributed by atoms with Crippen LogP contribution in [0.3, 0.4) is 0 Å². The first kappa shape index (κ1) is 29.4. The average molecular weight is 595 g/mol. The number of benzene rings is 1. The van der Waals surface area contributed by atoms with Crippen LogP contribution in [0.1, 0.15) is 65.7 Å². The van der Waals surface area contributed by atoms with Gasteiger partial charge in [-0.1, -0.05) is 45.7 Å². The molecule has 1 N–H and O–H groups in total. The van der Waals surface area contributed by atoms with Crippen LogP contribution in [-0.4, -0.2) is 70.4 Å². The van der Waals surface area contributed by atoms with Gasteiger partial charge in [0.05, 0.1) is 24.6 Å². The SMILES string of the molecule is COC(=O)[C@@H]1C[C@@H]2CN1C(=O)[C@H](C(C)(C)C)NC(=O)O[C@@H]1CC3C[C@@H]3[C@H]1CCCCCn1c(nc3ccccc3c1=O)O2. The molecule has 3 heterocycles. The average Bonchev–Trinajstić information content (AvgIpc) is 3.46. The van der Waals surface area contributed by atoms with Crippen molar-refractivity contribution in [3.05, 3.63) is 34.6 Å². The van der Waals surface area contributed by atoms with Gasteiger partial charge in [-0.25, -0.2) is 9.59 Å². The number of hydrogen-bond donors (Lipinski definition) is 1. The van der Waals surface area contributed by atoms with Gasteiger partial charge in [0, 0.05) is 13.0 Å². The van der Waals surface area contributed by atoms with Crippen molar-refractivity contribution in [3.8, 4) is 6.01 Å². The van der Waals surface area contributed by atoms with Crippen LogP contribution in [0.25, 0.3) is 10.9 Å². The second-order valence-corrected chi connectivity index (χ2v) is 13.7. The van der Waals surface area contributed by atoms with E-state index >= 15 is 0 Å². The first-order valence-electron chi connectivity index (χ1n) is 15.6. The maximum absolute atomic E-state index is 14.1. The van der Waals surface area contributed by atoms with Crippen molar-refractivity contribution in [1.82, 2.24) is 19.8 Å². The number of methoxy groups -OCH3 is 1. The van der Waals surface area contributed by atoms with Gasteiger partial charge >= 0.3 is 12.1 Å². The molecule has 2 aromatic rings. The van der Waals surface area contributed by atoms with Gasteiger partial charge in [0.15, 0.2) is 0 Å². The van der Waals surface area contributed by atoms with Crippen LogP contribution in [0.15, 0.2) is 29.1 Å². The van der Waals surface area contributed by atoms with Crippen molar-refractivity contribution in [3.63, 3.8) is 0 Å². The van der Waals surface area contributed by atoms with Gasteiger partial charge in [-0.15, -0.1) is 0 Å². The van der Waals surface area contributed by atoms with Gasteiger partial charge in [0.1, 0.15) is 24.3 Å². The van der Waals surface area contributed by atoms with Gasteiger partial charge in [-0.3, -0.25) is 14.2 Å². The van der Waals surface area contributed by atoms with Gasteiger partial charge < -0.3 is 24.4 Å². The Morgan fingerprint density at radius 1 is 1.02 bits per heavy atom. The summed E-state index contributed by atoms with van der Waals surface area (Å²) in [4.78, 5) is 60.0. The molecule has 1 aromatic heterocycles. The number of rotatable bonds is 1. The second-order valence-electron chi connectivity index (χ2n) is 13.7. The highest BCUT2D eigenvalue weighted by molar-refractivity contribution is 5.91. The zero-order valence-corrected chi connectivity index (χ0v) is 25.4. The van der Waals surface area contributed by atoms with Gasteiger partial charge in [0.25, 0.3) is 11.6 Å². The highest BCUT2D eigenvalue weighted by Gasteiger charge is 2.54. The highest BCUT2D eigenvalue weighted by Crippen LogP contribution is 2.57. The molecule has 2 amide bonds. The zero-order chi connectivity index (χ0) is 30.5. The Bertz CT molecular complexity index is 1470. The minimum atomic E-state index is -0.948. The smallest absolute Gasteiger partial charge is 0.408 e. The number of nitrogens with one attached hydrogen (secondary N) is 1. The molecule has 2 aliphatic heterocycles. The number of carbonyl (C=O) groups excluding carboxylic acids is 3. The Morgan fingerprint density at radius 3 is 2.58 bits per heavy atom. The Labute approximate surface area is 251 Å². The Balaban J connectivity index is 1.36. The molecular formula is C32H42N4O7. The van der Waals surface area contributed by atoms with Crippen LogP contribution in [-0.2, 0) is 25.6 Å². The molecule has 11 heteroatoms. The molecule has 11 nitrogen and oxygen atoms in total. The molecule has 1 unspecified atom stereocenters. The molecule has 1 saturated heterocycles. The first-order valence-corrected chi connectivity index (χ1v) is 15.6. The summed E-state index contributed by atoms with van der Waals surface area (Å²) in [7, 11) is 1.28. The highest BCUT2D eigenvalue weighted by atomic mass is 16.6. The van der Waals surface area contributed by atoms with E-state index in [-0.39, 0.29) is 30.6 Å². The monoisotopic (exact) mass is 594 g/mol. The molecule has 0 spiro atoms. The van der Waals surface area contributed by atoms with Crippen molar-refractivity contribution < 1.29 is 28.6 Å². The van der Waals surface area contributed by atoms with Gasteiger partial charge in [0.2, 0.25) is 5.91 Å². The first-order chi connectivity index (χ1) is 20.5. The van der Waals surface area contributed by atoms with E-state index < -0.39 is 41.6 Å². The summed E-state index contributed by atoms with van der Waals surface area (Å²) in [6.07, 6.45) is 4.38. The van der Waals surface area contributed by atoms with Crippen LogP contribution in [0, 0.1) is 23.2 Å². The minimum absolute atomic E-state index is 0.0681. The molecule has 2 saturated carbocycles.